The lowest BCUT2D eigenvalue weighted by atomic mass is 10.0. The van der Waals surface area contributed by atoms with Crippen molar-refractivity contribution in [3.05, 3.63) is 33.9 Å². The maximum absolute atomic E-state index is 12.6. The molecular formula is C15H20N6O7S. The van der Waals surface area contributed by atoms with Crippen molar-refractivity contribution in [2.24, 2.45) is 10.8 Å². The Hall–Kier alpha value is -3.26. The molecule has 1 heterocycles. The first-order chi connectivity index (χ1) is 13.6. The zero-order valence-corrected chi connectivity index (χ0v) is 15.9. The Bertz CT molecular complexity index is 946. The van der Waals surface area contributed by atoms with E-state index < -0.39 is 33.0 Å². The third-order valence-corrected chi connectivity index (χ3v) is 5.51. The number of hydrogen-bond donors (Lipinski definition) is 5. The number of rotatable bonds is 9. The standard InChI is InChI=1S/C15H20N6O7S/c16-15(19-21(25)26)17-7-1-2-12(14(23)24)20-29(27,28)10-4-5-11-9(8-10)3-6-13(22)18-11/h4-5,8,12,20H,1-3,6-7H2,(H,18,22)(H,23,24)(H3,16,17,19)/t12-/m1/s1. The third-order valence-electron chi connectivity index (χ3n) is 4.04. The number of carboxylic acids is 1. The zero-order chi connectivity index (χ0) is 21.6. The molecule has 2 rings (SSSR count). The van der Waals surface area contributed by atoms with Crippen molar-refractivity contribution < 1.29 is 28.1 Å². The normalized spacial score (nSPS) is 15.2. The highest BCUT2D eigenvalue weighted by Crippen LogP contribution is 2.25. The van der Waals surface area contributed by atoms with Gasteiger partial charge in [-0.05, 0) is 43.0 Å². The van der Waals surface area contributed by atoms with Crippen LogP contribution in [0.25, 0.3) is 0 Å². The van der Waals surface area contributed by atoms with Gasteiger partial charge in [-0.25, -0.2) is 18.5 Å². The SMILES string of the molecule is N/C(=N/[N+](=O)[O-])NCCC[C@@H](NS(=O)(=O)c1ccc2c(c1)CCC(=O)N2)C(=O)O. The van der Waals surface area contributed by atoms with Gasteiger partial charge in [0.1, 0.15) is 11.1 Å². The monoisotopic (exact) mass is 428 g/mol. The molecule has 1 aliphatic heterocycles. The fourth-order valence-electron chi connectivity index (χ4n) is 2.66. The number of anilines is 1. The molecule has 0 aliphatic carbocycles. The topological polar surface area (TPSA) is 206 Å². The molecule has 1 aromatic carbocycles. The summed E-state index contributed by atoms with van der Waals surface area (Å²) in [4.78, 5) is 32.9. The fourth-order valence-corrected chi connectivity index (χ4v) is 3.93. The number of sulfonamides is 1. The summed E-state index contributed by atoms with van der Waals surface area (Å²) < 4.78 is 27.3. The van der Waals surface area contributed by atoms with Crippen LogP contribution in [0.1, 0.15) is 24.8 Å². The maximum atomic E-state index is 12.6. The number of guanidine groups is 1. The average Bonchev–Trinajstić information content (AvgIpc) is 2.62. The Morgan fingerprint density at radius 3 is 2.79 bits per heavy atom. The largest absolute Gasteiger partial charge is 0.480 e. The number of fused-ring (bicyclic) bond motifs is 1. The molecule has 0 saturated heterocycles. The summed E-state index contributed by atoms with van der Waals surface area (Å²) in [5.74, 6) is -1.97. The number of carbonyl (C=O) groups excluding carboxylic acids is 1. The van der Waals surface area contributed by atoms with Crippen LogP contribution in [0.2, 0.25) is 0 Å². The van der Waals surface area contributed by atoms with Crippen molar-refractivity contribution in [3.8, 4) is 0 Å². The van der Waals surface area contributed by atoms with Gasteiger partial charge in [-0.2, -0.15) is 4.72 Å². The molecule has 0 spiro atoms. The molecule has 0 bridgehead atoms. The predicted octanol–water partition coefficient (Wildman–Crippen LogP) is -0.821. The summed E-state index contributed by atoms with van der Waals surface area (Å²) in [6, 6.07) is 2.72. The van der Waals surface area contributed by atoms with E-state index >= 15 is 0 Å². The molecule has 1 amide bonds. The number of carbonyl (C=O) groups is 2. The maximum Gasteiger partial charge on any atom is 0.321 e. The number of aryl methyl sites for hydroxylation is 1. The van der Waals surface area contributed by atoms with Gasteiger partial charge in [-0.1, -0.05) is 0 Å². The lowest BCUT2D eigenvalue weighted by Crippen LogP contribution is -2.41. The molecule has 29 heavy (non-hydrogen) atoms. The van der Waals surface area contributed by atoms with Gasteiger partial charge in [0, 0.05) is 18.7 Å². The number of nitrogens with two attached hydrogens (primary N) is 1. The Morgan fingerprint density at radius 1 is 1.41 bits per heavy atom. The van der Waals surface area contributed by atoms with Gasteiger partial charge in [0.25, 0.3) is 5.96 Å². The molecule has 6 N–H and O–H groups in total. The van der Waals surface area contributed by atoms with Crippen LogP contribution in [0.4, 0.5) is 5.69 Å². The van der Waals surface area contributed by atoms with Crippen LogP contribution in [0, 0.1) is 10.1 Å². The first kappa shape index (κ1) is 22.0. The summed E-state index contributed by atoms with van der Waals surface area (Å²) in [5, 5.41) is 26.4. The van der Waals surface area contributed by atoms with Crippen LogP contribution in [0.3, 0.4) is 0 Å². The van der Waals surface area contributed by atoms with E-state index in [0.717, 1.165) is 0 Å². The van der Waals surface area contributed by atoms with E-state index in [0.29, 0.717) is 17.7 Å². The number of nitrogens with one attached hydrogen (secondary N) is 3. The average molecular weight is 428 g/mol. The molecule has 1 atom stereocenters. The van der Waals surface area contributed by atoms with E-state index in [4.69, 9.17) is 5.73 Å². The zero-order valence-electron chi connectivity index (χ0n) is 15.1. The number of hydrogen-bond acceptors (Lipinski definition) is 6. The molecule has 0 unspecified atom stereocenters. The second kappa shape index (κ2) is 9.29. The molecule has 0 saturated carbocycles. The predicted molar refractivity (Wildman–Crippen MR) is 101 cm³/mol. The highest BCUT2D eigenvalue weighted by Gasteiger charge is 2.26. The van der Waals surface area contributed by atoms with E-state index in [9.17, 15) is 33.2 Å². The van der Waals surface area contributed by atoms with Crippen molar-refractivity contribution in [1.82, 2.24) is 10.0 Å². The summed E-state index contributed by atoms with van der Waals surface area (Å²) in [6.07, 6.45) is 0.682. The van der Waals surface area contributed by atoms with Crippen LogP contribution in [-0.2, 0) is 26.0 Å². The van der Waals surface area contributed by atoms with Crippen molar-refractivity contribution in [3.63, 3.8) is 0 Å². The number of carboxylic acid groups (broad SMARTS) is 1. The minimum atomic E-state index is -4.12. The quantitative estimate of drug-likeness (QED) is 0.109. The highest BCUT2D eigenvalue weighted by atomic mass is 32.2. The summed E-state index contributed by atoms with van der Waals surface area (Å²) in [6.45, 7) is 0.0627. The van der Waals surface area contributed by atoms with E-state index in [1.807, 2.05) is 0 Å². The first-order valence-corrected chi connectivity index (χ1v) is 9.97. The fraction of sp³-hybridized carbons (Fsp3) is 0.400. The summed E-state index contributed by atoms with van der Waals surface area (Å²) in [5.41, 5.74) is 6.40. The van der Waals surface area contributed by atoms with E-state index in [-0.39, 0.29) is 36.6 Å². The Kier molecular flexibility index (Phi) is 7.06. The summed E-state index contributed by atoms with van der Waals surface area (Å²) in [7, 11) is -4.12. The van der Waals surface area contributed by atoms with Gasteiger partial charge in [-0.3, -0.25) is 9.59 Å². The van der Waals surface area contributed by atoms with Crippen LogP contribution in [-0.4, -0.2) is 49.0 Å². The van der Waals surface area contributed by atoms with Gasteiger partial charge < -0.3 is 21.5 Å². The van der Waals surface area contributed by atoms with Gasteiger partial charge >= 0.3 is 5.97 Å². The van der Waals surface area contributed by atoms with Crippen LogP contribution in [0.5, 0.6) is 0 Å². The van der Waals surface area contributed by atoms with Crippen molar-refractivity contribution in [2.75, 3.05) is 11.9 Å². The first-order valence-electron chi connectivity index (χ1n) is 8.49. The van der Waals surface area contributed by atoms with E-state index in [2.05, 4.69) is 20.5 Å². The number of amides is 1. The molecule has 0 radical (unpaired) electrons. The van der Waals surface area contributed by atoms with Crippen molar-refractivity contribution >= 4 is 33.5 Å². The van der Waals surface area contributed by atoms with E-state index in [1.165, 1.54) is 18.2 Å². The van der Waals surface area contributed by atoms with Gasteiger partial charge in [0.15, 0.2) is 5.03 Å². The molecule has 1 aromatic rings. The molecule has 13 nitrogen and oxygen atoms in total. The minimum absolute atomic E-state index is 0.0627. The lowest BCUT2D eigenvalue weighted by molar-refractivity contribution is -0.485. The minimum Gasteiger partial charge on any atom is -0.480 e. The Balaban J connectivity index is 2.01. The number of benzene rings is 1. The Morgan fingerprint density at radius 2 is 2.14 bits per heavy atom. The van der Waals surface area contributed by atoms with E-state index in [1.54, 1.807) is 0 Å². The number of aliphatic carboxylic acids is 1. The third kappa shape index (κ3) is 6.39. The molecule has 14 heteroatoms. The van der Waals surface area contributed by atoms with Crippen molar-refractivity contribution in [2.45, 2.75) is 36.6 Å². The highest BCUT2D eigenvalue weighted by molar-refractivity contribution is 7.89. The van der Waals surface area contributed by atoms with Gasteiger partial charge in [0.05, 0.1) is 4.90 Å². The number of nitro groups is 1. The molecule has 1 aliphatic rings. The second-order valence-electron chi connectivity index (χ2n) is 6.17. The second-order valence-corrected chi connectivity index (χ2v) is 7.89. The number of hydrazone groups is 1. The van der Waals surface area contributed by atoms with Crippen LogP contribution >= 0.6 is 0 Å². The Labute approximate surface area is 165 Å². The number of nitrogens with zero attached hydrogens (tertiary/aromatic N) is 2. The molecule has 0 fully saturated rings. The summed E-state index contributed by atoms with van der Waals surface area (Å²) >= 11 is 0. The molecular weight excluding hydrogens is 408 g/mol. The van der Waals surface area contributed by atoms with Crippen molar-refractivity contribution in [1.29, 1.82) is 0 Å². The molecule has 0 aromatic heterocycles. The van der Waals surface area contributed by atoms with Gasteiger partial charge in [0.2, 0.25) is 15.9 Å². The molecule has 158 valence electrons. The lowest BCUT2D eigenvalue weighted by Gasteiger charge is -2.19. The van der Waals surface area contributed by atoms with Gasteiger partial charge in [-0.15, -0.1) is 0 Å². The van der Waals surface area contributed by atoms with Crippen LogP contribution in [0.15, 0.2) is 28.2 Å². The smallest absolute Gasteiger partial charge is 0.321 e. The van der Waals surface area contributed by atoms with Crippen LogP contribution < -0.4 is 21.1 Å².